The molecule has 23 rings (SSSR count). The van der Waals surface area contributed by atoms with E-state index in [4.69, 9.17) is 0 Å². The van der Waals surface area contributed by atoms with Crippen molar-refractivity contribution in [1.29, 1.82) is 0 Å². The molecule has 0 N–H and O–H groups in total. The predicted molar refractivity (Wildman–Crippen MR) is 521 cm³/mol. The quantitative estimate of drug-likeness (QED) is 0.123. The highest BCUT2D eigenvalue weighted by Crippen LogP contribution is 2.43. The zero-order valence-corrected chi connectivity index (χ0v) is 68.7. The first-order chi connectivity index (χ1) is 60.2. The molecule has 23 aromatic rings. The van der Waals surface area contributed by atoms with Crippen molar-refractivity contribution in [2.45, 2.75) is 0 Å². The van der Waals surface area contributed by atoms with Gasteiger partial charge in [-0.15, -0.1) is 0 Å². The van der Waals surface area contributed by atoms with Gasteiger partial charge in [0, 0.05) is 115 Å². The van der Waals surface area contributed by atoms with Crippen LogP contribution in [0, 0.1) is 0 Å². The van der Waals surface area contributed by atoms with E-state index in [0.29, 0.717) is 0 Å². The van der Waals surface area contributed by atoms with Crippen molar-refractivity contribution in [3.63, 3.8) is 0 Å². The van der Waals surface area contributed by atoms with Crippen LogP contribution in [0.5, 0.6) is 0 Å². The summed E-state index contributed by atoms with van der Waals surface area (Å²) in [6.45, 7) is 0. The average Bonchev–Trinajstić information content (AvgIpc) is 1.62. The van der Waals surface area contributed by atoms with Gasteiger partial charge >= 0.3 is 0 Å². The second-order valence-electron chi connectivity index (χ2n) is 31.7. The van der Waals surface area contributed by atoms with Gasteiger partial charge in [0.15, 0.2) is 0 Å². The molecule has 0 aliphatic carbocycles. The highest BCUT2D eigenvalue weighted by molar-refractivity contribution is 6.14. The lowest BCUT2D eigenvalue weighted by Crippen LogP contribution is -1.88. The van der Waals surface area contributed by atoms with E-state index in [2.05, 4.69) is 508 Å². The molecule has 4 aromatic heterocycles. The van der Waals surface area contributed by atoms with Gasteiger partial charge in [0.25, 0.3) is 0 Å². The molecule has 4 heteroatoms. The fourth-order valence-electron chi connectivity index (χ4n) is 18.2. The molecular weight excluding hydrogens is 1470 g/mol. The number of aryl methyl sites for hydroxylation is 4. The summed E-state index contributed by atoms with van der Waals surface area (Å²) >= 11 is 0. The molecule has 580 valence electrons. The molecule has 122 heavy (non-hydrogen) atoms. The normalized spacial score (nSPS) is 11.3. The molecule has 0 fully saturated rings. The zero-order chi connectivity index (χ0) is 82.0. The van der Waals surface area contributed by atoms with E-state index in [1.807, 2.05) is 0 Å². The monoisotopic (exact) mass is 1560 g/mol. The minimum Gasteiger partial charge on any atom is -0.344 e. The van der Waals surface area contributed by atoms with Crippen LogP contribution in [-0.4, -0.2) is 18.3 Å². The minimum absolute atomic E-state index is 1.23. The number of nitrogens with zero attached hydrogens (tertiary/aromatic N) is 4. The number of para-hydroxylation sites is 2. The van der Waals surface area contributed by atoms with Crippen molar-refractivity contribution in [2.24, 2.45) is 28.2 Å². The maximum Gasteiger partial charge on any atom is 0.0489 e. The van der Waals surface area contributed by atoms with E-state index < -0.39 is 0 Å². The molecule has 0 aliphatic heterocycles. The van der Waals surface area contributed by atoms with Crippen molar-refractivity contribution >= 4 is 87.2 Å². The average molecular weight is 1560 g/mol. The Morgan fingerprint density at radius 2 is 0.270 bits per heavy atom. The van der Waals surface area contributed by atoms with Crippen molar-refractivity contribution < 1.29 is 0 Å². The lowest BCUT2D eigenvalue weighted by Gasteiger charge is -2.11. The van der Waals surface area contributed by atoms with Crippen LogP contribution in [0.2, 0.25) is 0 Å². The lowest BCUT2D eigenvalue weighted by molar-refractivity contribution is 1.01. The smallest absolute Gasteiger partial charge is 0.0489 e. The Bertz CT molecular complexity index is 7460. The summed E-state index contributed by atoms with van der Waals surface area (Å²) in [6, 6.07) is 166. The number of hydrogen-bond donors (Lipinski definition) is 0. The van der Waals surface area contributed by atoms with Crippen molar-refractivity contribution in [1.82, 2.24) is 18.3 Å². The summed E-state index contributed by atoms with van der Waals surface area (Å²) in [5.74, 6) is 0. The first-order valence-corrected chi connectivity index (χ1v) is 42.0. The molecule has 0 bridgehead atoms. The Kier molecular flexibility index (Phi) is 20.4. The molecule has 4 nitrogen and oxygen atoms in total. The molecule has 0 saturated heterocycles. The molecule has 0 atom stereocenters. The van der Waals surface area contributed by atoms with Crippen LogP contribution in [-0.2, 0) is 28.2 Å². The first-order valence-electron chi connectivity index (χ1n) is 42.0. The summed E-state index contributed by atoms with van der Waals surface area (Å²) in [7, 11) is 8.60. The molecule has 0 aliphatic rings. The van der Waals surface area contributed by atoms with Crippen molar-refractivity contribution in [3.05, 3.63) is 461 Å². The van der Waals surface area contributed by atoms with Crippen molar-refractivity contribution in [3.8, 4) is 122 Å². The number of benzene rings is 19. The van der Waals surface area contributed by atoms with Crippen LogP contribution in [0.3, 0.4) is 0 Å². The van der Waals surface area contributed by atoms with Gasteiger partial charge in [-0.1, -0.05) is 364 Å². The minimum atomic E-state index is 1.23. The van der Waals surface area contributed by atoms with E-state index in [1.54, 1.807) is 0 Å². The summed E-state index contributed by atoms with van der Waals surface area (Å²) in [6.07, 6.45) is 0. The second-order valence-corrected chi connectivity index (χ2v) is 31.7. The van der Waals surface area contributed by atoms with Crippen LogP contribution >= 0.6 is 0 Å². The summed E-state index contributed by atoms with van der Waals surface area (Å²) in [5, 5.41) is 10.4. The maximum absolute atomic E-state index is 2.37. The van der Waals surface area contributed by atoms with E-state index in [9.17, 15) is 0 Å². The Hall–Kier alpha value is -15.6. The van der Waals surface area contributed by atoms with Crippen LogP contribution in [0.1, 0.15) is 0 Å². The van der Waals surface area contributed by atoms with Crippen LogP contribution in [0.4, 0.5) is 0 Å². The van der Waals surface area contributed by atoms with Crippen LogP contribution in [0.15, 0.2) is 461 Å². The molecule has 0 saturated carbocycles. The number of hydrogen-bond acceptors (Lipinski definition) is 0. The van der Waals surface area contributed by atoms with E-state index in [0.717, 1.165) is 0 Å². The molecule has 4 heterocycles. The molecule has 0 radical (unpaired) electrons. The highest BCUT2D eigenvalue weighted by atomic mass is 15.0. The Labute approximate surface area is 712 Å². The van der Waals surface area contributed by atoms with E-state index >= 15 is 0 Å². The summed E-state index contributed by atoms with van der Waals surface area (Å²) in [4.78, 5) is 0. The molecule has 19 aromatic carbocycles. The molecule has 0 amide bonds. The largest absolute Gasteiger partial charge is 0.344 e. The van der Waals surface area contributed by atoms with Gasteiger partial charge < -0.3 is 18.3 Å². The topological polar surface area (TPSA) is 19.7 Å². The predicted octanol–water partition coefficient (Wildman–Crippen LogP) is 31.7. The first kappa shape index (κ1) is 75.1. The Morgan fingerprint density at radius 1 is 0.107 bits per heavy atom. The van der Waals surface area contributed by atoms with Gasteiger partial charge in [0.1, 0.15) is 0 Å². The third-order valence-electron chi connectivity index (χ3n) is 24.5. The SMILES string of the molecule is Cn1c2ccc(-c3cccc(-c4ccccc4)c3)cc2c2cc(-c3cccc(-c4ccccc4)c3)ccc21.Cn1c2ccc(-c3ccccc3-c3ccccc3)cc2c2cc(-c3ccccc3-c3ccccc3)ccc21.Cn1c2ccccc2c2cc(-c3ccc(-c4ccccc4)cc3)ccc21.Cn1c2ccccc2c2cc(-c3ccccc3)ccc21. The number of rotatable bonds is 11. The van der Waals surface area contributed by atoms with Gasteiger partial charge in [-0.25, -0.2) is 0 Å². The summed E-state index contributed by atoms with van der Waals surface area (Å²) in [5.41, 5.74) is 37.5. The maximum atomic E-state index is 2.37. The number of fused-ring (bicyclic) bond motifs is 12. The standard InChI is InChI=1S/2C37H27N.C25H19N.C19H15N/c1-38-36-22-20-28(32-18-10-8-16-30(32)26-12-4-2-5-13-26)24-34(36)35-25-29(21-23-37(35)38)33-19-11-9-17-31(33)27-14-6-3-7-15-27;1-38-36-20-18-32(30-16-8-14-28(22-30)26-10-4-2-5-11-26)24-34(36)35-25-33(19-21-37(35)38)31-17-9-15-29(23-31)27-12-6-3-7-13-27;1-26-24-10-6-5-9-22(24)23-17-21(15-16-25(23)26)20-13-11-19(12-14-20)18-7-3-2-4-8-18;1-20-18-10-6-5-9-16(18)17-13-15(11-12-19(17)20)14-7-3-2-4-8-14/h2*2-25H,1H3;2-17H,1H3;2-13H,1H3. The third-order valence-corrected chi connectivity index (χ3v) is 24.5. The number of aromatic nitrogens is 4. The van der Waals surface area contributed by atoms with Gasteiger partial charge in [-0.3, -0.25) is 0 Å². The van der Waals surface area contributed by atoms with Gasteiger partial charge in [-0.2, -0.15) is 0 Å². The van der Waals surface area contributed by atoms with Crippen LogP contribution < -0.4 is 0 Å². The molecular formula is C118H88N4. The Balaban J connectivity index is 0.000000106. The van der Waals surface area contributed by atoms with Gasteiger partial charge in [0.2, 0.25) is 0 Å². The van der Waals surface area contributed by atoms with E-state index in [-0.39, 0.29) is 0 Å². The fraction of sp³-hybridized carbons (Fsp3) is 0.0339. The summed E-state index contributed by atoms with van der Waals surface area (Å²) < 4.78 is 9.15. The van der Waals surface area contributed by atoms with Crippen molar-refractivity contribution in [2.75, 3.05) is 0 Å². The Morgan fingerprint density at radius 3 is 0.574 bits per heavy atom. The van der Waals surface area contributed by atoms with Crippen LogP contribution in [0.25, 0.3) is 210 Å². The lowest BCUT2D eigenvalue weighted by atomic mass is 9.92. The second kappa shape index (κ2) is 33.1. The highest BCUT2D eigenvalue weighted by Gasteiger charge is 2.19. The van der Waals surface area contributed by atoms with Gasteiger partial charge in [-0.05, 0) is 219 Å². The molecule has 0 unspecified atom stereocenters. The van der Waals surface area contributed by atoms with E-state index in [1.165, 1.54) is 210 Å². The third kappa shape index (κ3) is 14.6. The van der Waals surface area contributed by atoms with Gasteiger partial charge in [0.05, 0.1) is 0 Å². The fourth-order valence-corrected chi connectivity index (χ4v) is 18.2. The zero-order valence-electron chi connectivity index (χ0n) is 68.7. The molecule has 0 spiro atoms.